The molecule has 0 aliphatic carbocycles. The van der Waals surface area contributed by atoms with E-state index in [-0.39, 0.29) is 5.69 Å². The number of fused-ring (bicyclic) bond motifs is 2. The Balaban J connectivity index is 1.92. The van der Waals surface area contributed by atoms with Gasteiger partial charge in [-0.3, -0.25) is 9.79 Å². The maximum atomic E-state index is 11.8. The zero-order valence-corrected chi connectivity index (χ0v) is 14.7. The van der Waals surface area contributed by atoms with Crippen molar-refractivity contribution in [3.05, 3.63) is 46.7 Å². The molecule has 1 unspecified atom stereocenters. The van der Waals surface area contributed by atoms with Crippen LogP contribution in [0.2, 0.25) is 5.02 Å². The average molecular weight is 370 g/mol. The van der Waals surface area contributed by atoms with Gasteiger partial charge in [-0.25, -0.2) is 9.98 Å². The highest BCUT2D eigenvalue weighted by Gasteiger charge is 2.41. The van der Waals surface area contributed by atoms with Crippen LogP contribution in [0.15, 0.2) is 40.4 Å². The lowest BCUT2D eigenvalue weighted by atomic mass is 9.90. The molecule has 3 heterocycles. The first-order chi connectivity index (χ1) is 12.4. The van der Waals surface area contributed by atoms with Gasteiger partial charge >= 0.3 is 0 Å². The van der Waals surface area contributed by atoms with E-state index in [1.54, 1.807) is 6.07 Å². The van der Waals surface area contributed by atoms with Crippen molar-refractivity contribution in [3.8, 4) is 16.9 Å². The lowest BCUT2D eigenvalue weighted by Gasteiger charge is -2.31. The van der Waals surface area contributed by atoms with Crippen LogP contribution in [0.1, 0.15) is 29.4 Å². The number of aromatic nitrogens is 1. The van der Waals surface area contributed by atoms with Crippen molar-refractivity contribution in [2.75, 3.05) is 6.61 Å². The van der Waals surface area contributed by atoms with Crippen LogP contribution in [0, 0.1) is 0 Å². The van der Waals surface area contributed by atoms with Crippen molar-refractivity contribution < 1.29 is 9.53 Å². The largest absolute Gasteiger partial charge is 0.493 e. The topological polar surface area (TPSA) is 116 Å². The number of ether oxygens (including phenoxy) is 1. The van der Waals surface area contributed by atoms with Crippen molar-refractivity contribution >= 4 is 29.1 Å². The maximum absolute atomic E-state index is 11.8. The van der Waals surface area contributed by atoms with Gasteiger partial charge in [-0.05, 0) is 30.7 Å². The zero-order chi connectivity index (χ0) is 18.5. The molecule has 8 heteroatoms. The molecule has 26 heavy (non-hydrogen) atoms. The van der Waals surface area contributed by atoms with E-state index >= 15 is 0 Å². The Kier molecular flexibility index (Phi) is 3.69. The number of amides is 1. The third-order valence-corrected chi connectivity index (χ3v) is 4.75. The van der Waals surface area contributed by atoms with E-state index in [9.17, 15) is 4.79 Å². The number of benzene rings is 1. The second-order valence-electron chi connectivity index (χ2n) is 6.23. The van der Waals surface area contributed by atoms with E-state index in [2.05, 4.69) is 15.0 Å². The first-order valence-electron chi connectivity index (χ1n) is 8.05. The summed E-state index contributed by atoms with van der Waals surface area (Å²) in [7, 11) is 0. The molecule has 2 aliphatic heterocycles. The van der Waals surface area contributed by atoms with Crippen LogP contribution in [0.5, 0.6) is 5.75 Å². The summed E-state index contributed by atoms with van der Waals surface area (Å²) in [4.78, 5) is 25.1. The lowest BCUT2D eigenvalue weighted by molar-refractivity contribution is 0.0996. The summed E-state index contributed by atoms with van der Waals surface area (Å²) in [6.45, 7) is 2.32. The number of hydrogen-bond acceptors (Lipinski definition) is 6. The SMILES string of the molecule is CC1=NC2(CCOc3ccc(-c4cc(Cl)cnc4C(N)=O)cc32)N=C1N. The summed E-state index contributed by atoms with van der Waals surface area (Å²) in [5.41, 5.74) is 13.5. The number of primary amides is 1. The molecule has 1 amide bonds. The van der Waals surface area contributed by atoms with E-state index in [4.69, 9.17) is 27.8 Å². The number of hydrogen-bond donors (Lipinski definition) is 2. The second-order valence-corrected chi connectivity index (χ2v) is 6.67. The Labute approximate surface area is 154 Å². The number of pyridine rings is 1. The second kappa shape index (κ2) is 5.81. The standard InChI is InChI=1S/C18H16ClN5O2/c1-9-16(20)24-18(23-9)4-5-26-14-3-2-10(6-13(14)18)12-7-11(19)8-22-15(12)17(21)25/h2-3,6-8H,4-5H2,1H3,(H2,20,24)(H2,21,25). The fourth-order valence-corrected chi connectivity index (χ4v) is 3.46. The molecule has 2 aromatic rings. The minimum Gasteiger partial charge on any atom is -0.493 e. The van der Waals surface area contributed by atoms with Gasteiger partial charge in [-0.2, -0.15) is 0 Å². The van der Waals surface area contributed by atoms with Crippen molar-refractivity contribution in [1.29, 1.82) is 0 Å². The van der Waals surface area contributed by atoms with Crippen LogP contribution in [0.4, 0.5) is 0 Å². The molecular weight excluding hydrogens is 354 g/mol. The smallest absolute Gasteiger partial charge is 0.267 e. The fourth-order valence-electron chi connectivity index (χ4n) is 3.30. The number of rotatable bonds is 2. The quantitative estimate of drug-likeness (QED) is 0.844. The molecule has 132 valence electrons. The molecule has 1 atom stereocenters. The summed E-state index contributed by atoms with van der Waals surface area (Å²) in [6, 6.07) is 7.20. The Bertz CT molecular complexity index is 981. The maximum Gasteiger partial charge on any atom is 0.267 e. The molecule has 0 fully saturated rings. The van der Waals surface area contributed by atoms with E-state index in [0.717, 1.165) is 11.1 Å². The van der Waals surface area contributed by atoms with Gasteiger partial charge in [0.1, 0.15) is 17.3 Å². The summed E-state index contributed by atoms with van der Waals surface area (Å²) < 4.78 is 5.76. The highest BCUT2D eigenvalue weighted by atomic mass is 35.5. The third kappa shape index (κ3) is 2.52. The highest BCUT2D eigenvalue weighted by molar-refractivity contribution is 6.41. The van der Waals surface area contributed by atoms with E-state index in [1.807, 2.05) is 25.1 Å². The highest BCUT2D eigenvalue weighted by Crippen LogP contribution is 2.45. The van der Waals surface area contributed by atoms with Crippen molar-refractivity contribution in [2.24, 2.45) is 21.5 Å². The zero-order valence-electron chi connectivity index (χ0n) is 14.0. The minimum atomic E-state index is -0.795. The molecule has 4 N–H and O–H groups in total. The normalized spacial score (nSPS) is 21.0. The fraction of sp³-hybridized carbons (Fsp3) is 0.222. The monoisotopic (exact) mass is 369 g/mol. The Morgan fingerprint density at radius 2 is 2.12 bits per heavy atom. The minimum absolute atomic E-state index is 0.147. The molecule has 1 spiro atoms. The molecule has 0 saturated heterocycles. The average Bonchev–Trinajstić information content (AvgIpc) is 2.89. The van der Waals surface area contributed by atoms with Crippen LogP contribution < -0.4 is 16.2 Å². The van der Waals surface area contributed by atoms with Gasteiger partial charge in [0.25, 0.3) is 5.91 Å². The molecule has 0 radical (unpaired) electrons. The molecular formula is C18H16ClN5O2. The number of nitrogens with two attached hydrogens (primary N) is 2. The predicted octanol–water partition coefficient (Wildman–Crippen LogP) is 2.27. The predicted molar refractivity (Wildman–Crippen MR) is 99.7 cm³/mol. The summed E-state index contributed by atoms with van der Waals surface area (Å²) in [5, 5.41) is 0.408. The first kappa shape index (κ1) is 16.5. The lowest BCUT2D eigenvalue weighted by Crippen LogP contribution is -2.28. The van der Waals surface area contributed by atoms with Gasteiger partial charge in [0.15, 0.2) is 5.66 Å². The van der Waals surface area contributed by atoms with Crippen LogP contribution in [0.3, 0.4) is 0 Å². The van der Waals surface area contributed by atoms with Gasteiger partial charge in [-0.15, -0.1) is 0 Å². The van der Waals surface area contributed by atoms with Crippen LogP contribution in [-0.4, -0.2) is 29.0 Å². The Morgan fingerprint density at radius 1 is 1.31 bits per heavy atom. The van der Waals surface area contributed by atoms with Crippen molar-refractivity contribution in [3.63, 3.8) is 0 Å². The number of halogens is 1. The van der Waals surface area contributed by atoms with Crippen LogP contribution in [-0.2, 0) is 5.66 Å². The third-order valence-electron chi connectivity index (χ3n) is 4.55. The summed E-state index contributed by atoms with van der Waals surface area (Å²) in [5.74, 6) is 0.480. The van der Waals surface area contributed by atoms with Crippen LogP contribution >= 0.6 is 11.6 Å². The van der Waals surface area contributed by atoms with Crippen molar-refractivity contribution in [1.82, 2.24) is 4.98 Å². The van der Waals surface area contributed by atoms with Crippen LogP contribution in [0.25, 0.3) is 11.1 Å². The number of amidine groups is 1. The Hall–Kier alpha value is -2.93. The first-order valence-corrected chi connectivity index (χ1v) is 8.43. The molecule has 1 aromatic carbocycles. The molecule has 0 saturated carbocycles. The van der Waals surface area contributed by atoms with E-state index < -0.39 is 11.6 Å². The van der Waals surface area contributed by atoms with Gasteiger partial charge in [0.05, 0.1) is 17.3 Å². The molecule has 0 bridgehead atoms. The van der Waals surface area contributed by atoms with Gasteiger partial charge in [0, 0.05) is 23.7 Å². The summed E-state index contributed by atoms with van der Waals surface area (Å²) in [6.07, 6.45) is 1.97. The van der Waals surface area contributed by atoms with Gasteiger partial charge in [0.2, 0.25) is 0 Å². The molecule has 4 rings (SSSR count). The van der Waals surface area contributed by atoms with Gasteiger partial charge in [-0.1, -0.05) is 17.7 Å². The number of aliphatic imine (C=N–C) groups is 2. The molecule has 2 aliphatic rings. The summed E-state index contributed by atoms with van der Waals surface area (Å²) >= 11 is 6.07. The van der Waals surface area contributed by atoms with E-state index in [0.29, 0.717) is 40.9 Å². The number of nitrogens with zero attached hydrogens (tertiary/aromatic N) is 3. The number of carbonyl (C=O) groups excluding carboxylic acids is 1. The molecule has 7 nitrogen and oxygen atoms in total. The Morgan fingerprint density at radius 3 is 2.81 bits per heavy atom. The van der Waals surface area contributed by atoms with E-state index in [1.165, 1.54) is 6.20 Å². The van der Waals surface area contributed by atoms with Crippen molar-refractivity contribution in [2.45, 2.75) is 19.0 Å². The number of carbonyl (C=O) groups is 1. The van der Waals surface area contributed by atoms with Gasteiger partial charge < -0.3 is 16.2 Å². The molecule has 1 aromatic heterocycles.